The van der Waals surface area contributed by atoms with Gasteiger partial charge in [0.05, 0.1) is 24.9 Å². The number of hydrogen-bond acceptors (Lipinski definition) is 4. The Kier molecular flexibility index (Phi) is 4.95. The van der Waals surface area contributed by atoms with Gasteiger partial charge in [-0.3, -0.25) is 4.79 Å². The summed E-state index contributed by atoms with van der Waals surface area (Å²) in [6.45, 7) is 0.527. The van der Waals surface area contributed by atoms with Gasteiger partial charge in [0, 0.05) is 31.1 Å². The Morgan fingerprint density at radius 1 is 1.30 bits per heavy atom. The van der Waals surface area contributed by atoms with Crippen molar-refractivity contribution in [2.45, 2.75) is 25.3 Å². The predicted molar refractivity (Wildman–Crippen MR) is 78.8 cm³/mol. The minimum absolute atomic E-state index is 0.0693. The predicted octanol–water partition coefficient (Wildman–Crippen LogP) is 2.44. The van der Waals surface area contributed by atoms with E-state index in [1.807, 2.05) is 0 Å². The molecule has 1 fully saturated rings. The lowest BCUT2D eigenvalue weighted by Gasteiger charge is -2.13. The van der Waals surface area contributed by atoms with Crippen LogP contribution in [0.3, 0.4) is 0 Å². The van der Waals surface area contributed by atoms with Crippen molar-refractivity contribution in [2.75, 3.05) is 26.1 Å². The molecule has 1 aliphatic carbocycles. The third kappa shape index (κ3) is 3.93. The fourth-order valence-electron chi connectivity index (χ4n) is 1.84. The van der Waals surface area contributed by atoms with Crippen molar-refractivity contribution in [1.29, 1.82) is 0 Å². The monoisotopic (exact) mass is 298 g/mol. The molecule has 0 aliphatic heterocycles. The number of benzene rings is 1. The Balaban J connectivity index is 1.91. The molecule has 1 aliphatic rings. The summed E-state index contributed by atoms with van der Waals surface area (Å²) in [6, 6.07) is 3.85. The van der Waals surface area contributed by atoms with Crippen molar-refractivity contribution in [2.24, 2.45) is 0 Å². The van der Waals surface area contributed by atoms with E-state index in [1.54, 1.807) is 26.4 Å². The highest BCUT2D eigenvalue weighted by Crippen LogP contribution is 2.35. The minimum Gasteiger partial charge on any atom is -0.495 e. The highest BCUT2D eigenvalue weighted by atomic mass is 35.5. The van der Waals surface area contributed by atoms with Gasteiger partial charge in [0.25, 0.3) is 0 Å². The van der Waals surface area contributed by atoms with Crippen LogP contribution in [-0.2, 0) is 4.79 Å². The van der Waals surface area contributed by atoms with Crippen molar-refractivity contribution in [3.63, 3.8) is 0 Å². The van der Waals surface area contributed by atoms with Crippen molar-refractivity contribution in [3.8, 4) is 11.5 Å². The van der Waals surface area contributed by atoms with E-state index in [1.165, 1.54) is 0 Å². The van der Waals surface area contributed by atoms with E-state index in [0.717, 1.165) is 18.5 Å². The van der Waals surface area contributed by atoms with Gasteiger partial charge in [-0.05, 0) is 12.8 Å². The molecule has 0 spiro atoms. The number of amides is 1. The lowest BCUT2D eigenvalue weighted by Crippen LogP contribution is -2.27. The van der Waals surface area contributed by atoms with E-state index in [2.05, 4.69) is 10.6 Å². The summed E-state index contributed by atoms with van der Waals surface area (Å²) < 4.78 is 10.4. The highest BCUT2D eigenvalue weighted by Gasteiger charge is 2.22. The number of halogens is 1. The molecule has 2 rings (SSSR count). The van der Waals surface area contributed by atoms with Gasteiger partial charge >= 0.3 is 0 Å². The number of carbonyl (C=O) groups is 1. The van der Waals surface area contributed by atoms with E-state index >= 15 is 0 Å². The zero-order valence-electron chi connectivity index (χ0n) is 11.7. The molecule has 6 heteroatoms. The number of methoxy groups -OCH3 is 2. The molecule has 110 valence electrons. The molecular weight excluding hydrogens is 280 g/mol. The molecule has 0 saturated heterocycles. The van der Waals surface area contributed by atoms with Crippen LogP contribution >= 0.6 is 11.6 Å². The number of rotatable bonds is 7. The third-order valence-electron chi connectivity index (χ3n) is 3.08. The molecule has 20 heavy (non-hydrogen) atoms. The average Bonchev–Trinajstić information content (AvgIpc) is 3.23. The molecule has 1 aromatic rings. The Morgan fingerprint density at radius 3 is 2.60 bits per heavy atom. The summed E-state index contributed by atoms with van der Waals surface area (Å²) in [4.78, 5) is 11.6. The number of carbonyl (C=O) groups excluding carboxylic acids is 1. The largest absolute Gasteiger partial charge is 0.495 e. The van der Waals surface area contributed by atoms with Gasteiger partial charge in [-0.25, -0.2) is 0 Å². The van der Waals surface area contributed by atoms with Gasteiger partial charge in [0.2, 0.25) is 5.91 Å². The first-order valence-electron chi connectivity index (χ1n) is 6.58. The van der Waals surface area contributed by atoms with E-state index in [9.17, 15) is 4.79 Å². The second-order valence-corrected chi connectivity index (χ2v) is 5.11. The smallest absolute Gasteiger partial charge is 0.221 e. The molecule has 2 N–H and O–H groups in total. The van der Waals surface area contributed by atoms with Gasteiger partial charge in [0.15, 0.2) is 0 Å². The average molecular weight is 299 g/mol. The van der Waals surface area contributed by atoms with E-state index in [-0.39, 0.29) is 5.91 Å². The van der Waals surface area contributed by atoms with Crippen molar-refractivity contribution < 1.29 is 14.3 Å². The topological polar surface area (TPSA) is 59.6 Å². The first kappa shape index (κ1) is 14.8. The standard InChI is InChI=1S/C14H19ClN2O3/c1-19-12-8-11(13(20-2)7-10(12)15)16-6-5-14(18)17-9-3-4-9/h7-9,16H,3-6H2,1-2H3,(H,17,18). The highest BCUT2D eigenvalue weighted by molar-refractivity contribution is 6.32. The molecular formula is C14H19ClN2O3. The maximum absolute atomic E-state index is 11.6. The van der Waals surface area contributed by atoms with Crippen molar-refractivity contribution in [1.82, 2.24) is 5.32 Å². The molecule has 5 nitrogen and oxygen atoms in total. The molecule has 1 aromatic carbocycles. The second kappa shape index (κ2) is 6.70. The van der Waals surface area contributed by atoms with Crippen LogP contribution in [0.4, 0.5) is 5.69 Å². The normalized spacial score (nSPS) is 13.8. The molecule has 0 radical (unpaired) electrons. The first-order valence-corrected chi connectivity index (χ1v) is 6.96. The van der Waals surface area contributed by atoms with Gasteiger partial charge in [-0.2, -0.15) is 0 Å². The minimum atomic E-state index is 0.0693. The van der Waals surface area contributed by atoms with Crippen LogP contribution in [-0.4, -0.2) is 32.7 Å². The molecule has 1 amide bonds. The van der Waals surface area contributed by atoms with E-state index in [4.69, 9.17) is 21.1 Å². The van der Waals surface area contributed by atoms with Crippen LogP contribution in [0.15, 0.2) is 12.1 Å². The van der Waals surface area contributed by atoms with E-state index < -0.39 is 0 Å². The zero-order valence-corrected chi connectivity index (χ0v) is 12.4. The number of hydrogen-bond donors (Lipinski definition) is 2. The SMILES string of the molecule is COc1cc(NCCC(=O)NC2CC2)c(OC)cc1Cl. The molecule has 1 saturated carbocycles. The zero-order chi connectivity index (χ0) is 14.5. The van der Waals surface area contributed by atoms with Gasteiger partial charge in [-0.1, -0.05) is 11.6 Å². The molecule has 0 aromatic heterocycles. The molecule has 0 atom stereocenters. The second-order valence-electron chi connectivity index (χ2n) is 4.71. The number of nitrogens with one attached hydrogen (secondary N) is 2. The van der Waals surface area contributed by atoms with Crippen LogP contribution in [0.5, 0.6) is 11.5 Å². The molecule has 0 bridgehead atoms. The Hall–Kier alpha value is -1.62. The summed E-state index contributed by atoms with van der Waals surface area (Å²) in [5.41, 5.74) is 0.757. The van der Waals surface area contributed by atoms with Crippen LogP contribution in [0.25, 0.3) is 0 Å². The number of ether oxygens (including phenoxy) is 2. The van der Waals surface area contributed by atoms with Crippen LogP contribution < -0.4 is 20.1 Å². The molecule has 0 unspecified atom stereocenters. The third-order valence-corrected chi connectivity index (χ3v) is 3.38. The Labute approximate surface area is 123 Å². The maximum Gasteiger partial charge on any atom is 0.221 e. The van der Waals surface area contributed by atoms with E-state index in [0.29, 0.717) is 35.5 Å². The van der Waals surface area contributed by atoms with Gasteiger partial charge in [0.1, 0.15) is 11.5 Å². The summed E-state index contributed by atoms with van der Waals surface area (Å²) in [5.74, 6) is 1.26. The lowest BCUT2D eigenvalue weighted by atomic mass is 10.2. The fourth-order valence-corrected chi connectivity index (χ4v) is 2.07. The quantitative estimate of drug-likeness (QED) is 0.812. The first-order chi connectivity index (χ1) is 9.63. The van der Waals surface area contributed by atoms with Crippen LogP contribution in [0.1, 0.15) is 19.3 Å². The Bertz CT molecular complexity index is 490. The maximum atomic E-state index is 11.6. The Morgan fingerprint density at radius 2 is 2.00 bits per heavy atom. The number of anilines is 1. The van der Waals surface area contributed by atoms with Crippen molar-refractivity contribution in [3.05, 3.63) is 17.2 Å². The fraction of sp³-hybridized carbons (Fsp3) is 0.500. The van der Waals surface area contributed by atoms with Crippen LogP contribution in [0.2, 0.25) is 5.02 Å². The molecule has 0 heterocycles. The van der Waals surface area contributed by atoms with Gasteiger partial charge in [-0.15, -0.1) is 0 Å². The summed E-state index contributed by atoms with van der Waals surface area (Å²) in [7, 11) is 3.13. The van der Waals surface area contributed by atoms with Crippen molar-refractivity contribution >= 4 is 23.2 Å². The summed E-state index contributed by atoms with van der Waals surface area (Å²) >= 11 is 6.03. The summed E-state index contributed by atoms with van der Waals surface area (Å²) in [6.07, 6.45) is 2.62. The van der Waals surface area contributed by atoms with Gasteiger partial charge < -0.3 is 20.1 Å². The van der Waals surface area contributed by atoms with Crippen LogP contribution in [0, 0.1) is 0 Å². The summed E-state index contributed by atoms with van der Waals surface area (Å²) in [5, 5.41) is 6.60. The lowest BCUT2D eigenvalue weighted by molar-refractivity contribution is -0.120.